The third-order valence-corrected chi connectivity index (χ3v) is 4.96. The molecule has 1 N–H and O–H groups in total. The van der Waals surface area contributed by atoms with Crippen LogP contribution in [0.25, 0.3) is 0 Å². The highest BCUT2D eigenvalue weighted by Crippen LogP contribution is 2.28. The fraction of sp³-hybridized carbons (Fsp3) is 0.667. The highest BCUT2D eigenvalue weighted by molar-refractivity contribution is 5.86. The van der Waals surface area contributed by atoms with Gasteiger partial charge in [-0.05, 0) is 58.3 Å². The Morgan fingerprint density at radius 1 is 0.848 bits per heavy atom. The molecule has 0 aromatic heterocycles. The molecule has 1 rings (SSSR count). The standard InChI is InChI=1S/C24H39NO8/c1-17(2)23(26)30-12-21-9-7-20(8-10-21)11-25-24(27)33-22(13-28-15-31-18(3)4)14-29-16-32-19(5)6/h20-22H,1,3,5,7-16H2,2,4,6H3,(H,25,27). The summed E-state index contributed by atoms with van der Waals surface area (Å²) < 4.78 is 31.7. The molecule has 1 aliphatic carbocycles. The van der Waals surface area contributed by atoms with Gasteiger partial charge in [-0.15, -0.1) is 0 Å². The number of allylic oxidation sites excluding steroid dienone is 2. The zero-order valence-corrected chi connectivity index (χ0v) is 20.2. The molecule has 1 aliphatic rings. The van der Waals surface area contributed by atoms with Gasteiger partial charge in [0.05, 0.1) is 31.3 Å². The van der Waals surface area contributed by atoms with Gasteiger partial charge in [-0.1, -0.05) is 19.7 Å². The average Bonchev–Trinajstić information content (AvgIpc) is 2.76. The highest BCUT2D eigenvalue weighted by Gasteiger charge is 2.23. The van der Waals surface area contributed by atoms with Gasteiger partial charge in [-0.2, -0.15) is 0 Å². The van der Waals surface area contributed by atoms with Crippen molar-refractivity contribution in [2.75, 3.05) is 40.0 Å². The monoisotopic (exact) mass is 469 g/mol. The van der Waals surface area contributed by atoms with E-state index in [1.807, 2.05) is 0 Å². The molecule has 0 radical (unpaired) electrons. The minimum Gasteiger partial charge on any atom is -0.473 e. The molecule has 0 aromatic carbocycles. The second-order valence-corrected chi connectivity index (χ2v) is 8.34. The van der Waals surface area contributed by atoms with Gasteiger partial charge in [-0.3, -0.25) is 0 Å². The van der Waals surface area contributed by atoms with Crippen LogP contribution in [0.3, 0.4) is 0 Å². The molecule has 0 bridgehead atoms. The number of carbonyl (C=O) groups excluding carboxylic acids is 2. The van der Waals surface area contributed by atoms with Crippen LogP contribution >= 0.6 is 0 Å². The third kappa shape index (κ3) is 14.3. The van der Waals surface area contributed by atoms with Crippen LogP contribution in [0.1, 0.15) is 46.5 Å². The van der Waals surface area contributed by atoms with Gasteiger partial charge in [0.1, 0.15) is 0 Å². The SMILES string of the molecule is C=C(C)OCOCC(COCOC(=C)C)OC(=O)NCC1CCC(COC(=O)C(=C)C)CC1. The Bertz CT molecular complexity index is 633. The van der Waals surface area contributed by atoms with E-state index in [1.54, 1.807) is 20.8 Å². The van der Waals surface area contributed by atoms with E-state index in [9.17, 15) is 9.59 Å². The first-order chi connectivity index (χ1) is 15.7. The second kappa shape index (κ2) is 16.1. The van der Waals surface area contributed by atoms with E-state index >= 15 is 0 Å². The number of hydrogen-bond donors (Lipinski definition) is 1. The van der Waals surface area contributed by atoms with Gasteiger partial charge in [-0.25, -0.2) is 9.59 Å². The molecular formula is C24H39NO8. The first-order valence-electron chi connectivity index (χ1n) is 11.2. The molecule has 188 valence electrons. The highest BCUT2D eigenvalue weighted by atomic mass is 16.7. The molecule has 33 heavy (non-hydrogen) atoms. The lowest BCUT2D eigenvalue weighted by atomic mass is 9.82. The van der Waals surface area contributed by atoms with Crippen molar-refractivity contribution in [1.82, 2.24) is 5.32 Å². The average molecular weight is 470 g/mol. The molecule has 0 spiro atoms. The number of alkyl carbamates (subject to hydrolysis) is 1. The maximum absolute atomic E-state index is 12.3. The van der Waals surface area contributed by atoms with Gasteiger partial charge in [0.2, 0.25) is 0 Å². The van der Waals surface area contributed by atoms with Crippen LogP contribution in [-0.4, -0.2) is 58.1 Å². The van der Waals surface area contributed by atoms with Gasteiger partial charge < -0.3 is 33.7 Å². The predicted molar refractivity (Wildman–Crippen MR) is 123 cm³/mol. The van der Waals surface area contributed by atoms with Gasteiger partial charge >= 0.3 is 12.1 Å². The quantitative estimate of drug-likeness (QED) is 0.119. The van der Waals surface area contributed by atoms with Crippen molar-refractivity contribution in [3.63, 3.8) is 0 Å². The Morgan fingerprint density at radius 3 is 1.85 bits per heavy atom. The number of rotatable bonds is 16. The topological polar surface area (TPSA) is 102 Å². The second-order valence-electron chi connectivity index (χ2n) is 8.34. The number of amides is 1. The lowest BCUT2D eigenvalue weighted by Crippen LogP contribution is -2.37. The molecular weight excluding hydrogens is 430 g/mol. The lowest BCUT2D eigenvalue weighted by molar-refractivity contribution is -0.140. The number of hydrogen-bond acceptors (Lipinski definition) is 8. The predicted octanol–water partition coefficient (Wildman–Crippen LogP) is 4.06. The van der Waals surface area contributed by atoms with E-state index in [-0.39, 0.29) is 32.8 Å². The van der Waals surface area contributed by atoms with Crippen LogP contribution in [-0.2, 0) is 33.2 Å². The summed E-state index contributed by atoms with van der Waals surface area (Å²) in [5.74, 6) is 1.41. The molecule has 0 aromatic rings. The molecule has 1 fully saturated rings. The Labute approximate surface area is 197 Å². The molecule has 0 heterocycles. The molecule has 0 aliphatic heterocycles. The number of esters is 1. The summed E-state index contributed by atoms with van der Waals surface area (Å²) in [7, 11) is 0. The van der Waals surface area contributed by atoms with Crippen LogP contribution in [0, 0.1) is 11.8 Å². The van der Waals surface area contributed by atoms with Crippen molar-refractivity contribution in [3.8, 4) is 0 Å². The van der Waals surface area contributed by atoms with E-state index in [2.05, 4.69) is 25.1 Å². The Kier molecular flexibility index (Phi) is 14.0. The fourth-order valence-electron chi connectivity index (χ4n) is 3.10. The van der Waals surface area contributed by atoms with E-state index in [1.165, 1.54) is 0 Å². The van der Waals surface area contributed by atoms with Crippen LogP contribution < -0.4 is 5.32 Å². The normalized spacial score (nSPS) is 17.7. The van der Waals surface area contributed by atoms with Crippen molar-refractivity contribution in [3.05, 3.63) is 36.8 Å². The number of nitrogens with one attached hydrogen (secondary N) is 1. The molecule has 1 amide bonds. The largest absolute Gasteiger partial charge is 0.473 e. The van der Waals surface area contributed by atoms with E-state index in [0.717, 1.165) is 25.7 Å². The zero-order chi connectivity index (χ0) is 24.6. The van der Waals surface area contributed by atoms with Crippen LogP contribution in [0.15, 0.2) is 36.8 Å². The molecule has 9 heteroatoms. The Balaban J connectivity index is 2.32. The van der Waals surface area contributed by atoms with Crippen molar-refractivity contribution in [1.29, 1.82) is 0 Å². The third-order valence-electron chi connectivity index (χ3n) is 4.96. The molecule has 9 nitrogen and oxygen atoms in total. The van der Waals surface area contributed by atoms with Crippen molar-refractivity contribution in [2.24, 2.45) is 11.8 Å². The van der Waals surface area contributed by atoms with Crippen molar-refractivity contribution >= 4 is 12.1 Å². The summed E-state index contributed by atoms with van der Waals surface area (Å²) >= 11 is 0. The van der Waals surface area contributed by atoms with Gasteiger partial charge in [0.15, 0.2) is 19.7 Å². The molecule has 0 unspecified atom stereocenters. The fourth-order valence-corrected chi connectivity index (χ4v) is 3.10. The Morgan fingerprint density at radius 2 is 1.36 bits per heavy atom. The van der Waals surface area contributed by atoms with Crippen molar-refractivity contribution in [2.45, 2.75) is 52.6 Å². The summed E-state index contributed by atoms with van der Waals surface area (Å²) in [6.07, 6.45) is 2.61. The van der Waals surface area contributed by atoms with Crippen LogP contribution in [0.5, 0.6) is 0 Å². The maximum Gasteiger partial charge on any atom is 0.407 e. The number of carbonyl (C=O) groups is 2. The summed E-state index contributed by atoms with van der Waals surface area (Å²) in [6, 6.07) is 0. The van der Waals surface area contributed by atoms with E-state index in [0.29, 0.717) is 42.1 Å². The summed E-state index contributed by atoms with van der Waals surface area (Å²) in [5.41, 5.74) is 0.409. The van der Waals surface area contributed by atoms with Crippen molar-refractivity contribution < 1.29 is 38.0 Å². The zero-order valence-electron chi connectivity index (χ0n) is 20.2. The molecule has 0 atom stereocenters. The van der Waals surface area contributed by atoms with Crippen LogP contribution in [0.4, 0.5) is 4.79 Å². The Hall–Kier alpha value is -2.52. The smallest absolute Gasteiger partial charge is 0.407 e. The first kappa shape index (κ1) is 28.5. The summed E-state index contributed by atoms with van der Waals surface area (Å²) in [4.78, 5) is 23.8. The summed E-state index contributed by atoms with van der Waals surface area (Å²) in [5, 5.41) is 2.82. The minimum atomic E-state index is -0.633. The minimum absolute atomic E-state index is 0.00397. The molecule has 1 saturated carbocycles. The van der Waals surface area contributed by atoms with Crippen LogP contribution in [0.2, 0.25) is 0 Å². The van der Waals surface area contributed by atoms with Gasteiger partial charge in [0.25, 0.3) is 0 Å². The maximum atomic E-state index is 12.3. The van der Waals surface area contributed by atoms with E-state index < -0.39 is 12.2 Å². The first-order valence-corrected chi connectivity index (χ1v) is 11.2. The van der Waals surface area contributed by atoms with E-state index in [4.69, 9.17) is 28.4 Å². The summed E-state index contributed by atoms with van der Waals surface area (Å²) in [6.45, 7) is 17.0. The lowest BCUT2D eigenvalue weighted by Gasteiger charge is -2.28. The number of ether oxygens (including phenoxy) is 6. The molecule has 0 saturated heterocycles. The van der Waals surface area contributed by atoms with Gasteiger partial charge in [0, 0.05) is 12.1 Å².